The van der Waals surface area contributed by atoms with Crippen LogP contribution in [0, 0.1) is 5.92 Å². The minimum atomic E-state index is -4.26. The number of unbranched alkanes of at least 4 members (excludes halogenated alkanes) is 2. The standard InChI is InChI=1S/C17H24F3NO/c1-21-11-14(16(22)12-21)8-4-2-3-6-13-7-5-9-15(10-13)17(18,19)20/h5,7,9-10,14,16,22H,2-4,6,8,11-12H2,1H3/t14-,16+/m0/s1. The van der Waals surface area contributed by atoms with Gasteiger partial charge in [-0.05, 0) is 43.9 Å². The zero-order valence-corrected chi connectivity index (χ0v) is 12.9. The minimum absolute atomic E-state index is 0.228. The van der Waals surface area contributed by atoms with Crippen molar-refractivity contribution in [2.75, 3.05) is 20.1 Å². The molecule has 0 unspecified atom stereocenters. The Hall–Kier alpha value is -1.07. The maximum absolute atomic E-state index is 12.6. The van der Waals surface area contributed by atoms with Crippen molar-refractivity contribution in [2.24, 2.45) is 5.92 Å². The molecule has 2 nitrogen and oxygen atoms in total. The molecule has 0 saturated carbocycles. The van der Waals surface area contributed by atoms with E-state index in [1.54, 1.807) is 6.07 Å². The molecule has 1 N–H and O–H groups in total. The number of β-amino-alcohol motifs (C(OH)–C–C–N with tert-alkyl or cyclic N) is 1. The van der Waals surface area contributed by atoms with E-state index in [9.17, 15) is 18.3 Å². The van der Waals surface area contributed by atoms with Gasteiger partial charge in [-0.2, -0.15) is 13.2 Å². The summed E-state index contributed by atoms with van der Waals surface area (Å²) >= 11 is 0. The minimum Gasteiger partial charge on any atom is -0.391 e. The Labute approximate surface area is 129 Å². The van der Waals surface area contributed by atoms with Crippen LogP contribution in [0.25, 0.3) is 0 Å². The van der Waals surface area contributed by atoms with Gasteiger partial charge in [-0.1, -0.05) is 31.0 Å². The Balaban J connectivity index is 1.69. The van der Waals surface area contributed by atoms with Crippen molar-refractivity contribution in [1.29, 1.82) is 0 Å². The maximum Gasteiger partial charge on any atom is 0.416 e. The highest BCUT2D eigenvalue weighted by Crippen LogP contribution is 2.30. The Kier molecular flexibility index (Phi) is 5.87. The molecular weight excluding hydrogens is 291 g/mol. The van der Waals surface area contributed by atoms with Gasteiger partial charge in [0.25, 0.3) is 0 Å². The van der Waals surface area contributed by atoms with Crippen molar-refractivity contribution in [2.45, 2.75) is 44.4 Å². The summed E-state index contributed by atoms with van der Waals surface area (Å²) in [6.07, 6.45) is 0.0807. The monoisotopic (exact) mass is 315 g/mol. The van der Waals surface area contributed by atoms with E-state index in [4.69, 9.17) is 0 Å². The Morgan fingerprint density at radius 1 is 1.18 bits per heavy atom. The molecule has 124 valence electrons. The van der Waals surface area contributed by atoms with Gasteiger partial charge >= 0.3 is 6.18 Å². The number of rotatable bonds is 6. The van der Waals surface area contributed by atoms with Crippen molar-refractivity contribution >= 4 is 0 Å². The first-order valence-corrected chi connectivity index (χ1v) is 7.89. The smallest absolute Gasteiger partial charge is 0.391 e. The van der Waals surface area contributed by atoms with Crippen LogP contribution in [-0.4, -0.2) is 36.2 Å². The molecule has 1 heterocycles. The number of nitrogens with zero attached hydrogens (tertiary/aromatic N) is 1. The average Bonchev–Trinajstić information content (AvgIpc) is 2.76. The number of aliphatic hydroxyl groups excluding tert-OH is 1. The Morgan fingerprint density at radius 3 is 2.59 bits per heavy atom. The van der Waals surface area contributed by atoms with Gasteiger partial charge < -0.3 is 10.0 Å². The first-order chi connectivity index (χ1) is 10.4. The van der Waals surface area contributed by atoms with Crippen LogP contribution >= 0.6 is 0 Å². The molecule has 1 saturated heterocycles. The largest absolute Gasteiger partial charge is 0.416 e. The Bertz CT molecular complexity index is 475. The highest BCUT2D eigenvalue weighted by Gasteiger charge is 2.30. The summed E-state index contributed by atoms with van der Waals surface area (Å²) in [5.74, 6) is 0.346. The van der Waals surface area contributed by atoms with E-state index in [0.717, 1.165) is 50.4 Å². The third-order valence-electron chi connectivity index (χ3n) is 4.38. The molecule has 2 atom stereocenters. The van der Waals surface area contributed by atoms with E-state index in [1.165, 1.54) is 12.1 Å². The van der Waals surface area contributed by atoms with Crippen LogP contribution in [0.5, 0.6) is 0 Å². The van der Waals surface area contributed by atoms with Gasteiger partial charge in [0.2, 0.25) is 0 Å². The van der Waals surface area contributed by atoms with E-state index in [1.807, 2.05) is 7.05 Å². The molecule has 0 spiro atoms. The van der Waals surface area contributed by atoms with E-state index in [0.29, 0.717) is 12.3 Å². The summed E-state index contributed by atoms with van der Waals surface area (Å²) in [7, 11) is 2.01. The third-order valence-corrected chi connectivity index (χ3v) is 4.38. The predicted octanol–water partition coefficient (Wildman–Crippen LogP) is 3.73. The van der Waals surface area contributed by atoms with Crippen molar-refractivity contribution in [3.63, 3.8) is 0 Å². The molecule has 1 aromatic carbocycles. The summed E-state index contributed by atoms with van der Waals surface area (Å²) in [5, 5.41) is 9.85. The highest BCUT2D eigenvalue weighted by atomic mass is 19.4. The van der Waals surface area contributed by atoms with Gasteiger partial charge in [0, 0.05) is 13.1 Å². The second-order valence-corrected chi connectivity index (χ2v) is 6.35. The zero-order chi connectivity index (χ0) is 16.2. The number of halogens is 3. The third kappa shape index (κ3) is 4.99. The van der Waals surface area contributed by atoms with Crippen molar-refractivity contribution in [1.82, 2.24) is 4.90 Å². The van der Waals surface area contributed by atoms with Crippen LogP contribution in [0.2, 0.25) is 0 Å². The molecule has 1 fully saturated rings. The van der Waals surface area contributed by atoms with Gasteiger partial charge in [-0.15, -0.1) is 0 Å². The van der Waals surface area contributed by atoms with Crippen LogP contribution in [0.1, 0.15) is 36.8 Å². The van der Waals surface area contributed by atoms with Crippen molar-refractivity contribution in [3.05, 3.63) is 35.4 Å². The quantitative estimate of drug-likeness (QED) is 0.809. The molecule has 1 aliphatic heterocycles. The van der Waals surface area contributed by atoms with E-state index in [2.05, 4.69) is 4.90 Å². The molecule has 0 aliphatic carbocycles. The second kappa shape index (κ2) is 7.47. The number of likely N-dealkylation sites (tertiary alicyclic amines) is 1. The molecule has 0 bridgehead atoms. The van der Waals surface area contributed by atoms with Crippen molar-refractivity contribution < 1.29 is 18.3 Å². The molecular formula is C17H24F3NO. The molecule has 0 radical (unpaired) electrons. The average molecular weight is 315 g/mol. The summed E-state index contributed by atoms with van der Waals surface area (Å²) in [6.45, 7) is 1.68. The van der Waals surface area contributed by atoms with Crippen LogP contribution < -0.4 is 0 Å². The lowest BCUT2D eigenvalue weighted by atomic mass is 9.97. The summed E-state index contributed by atoms with van der Waals surface area (Å²) in [5.41, 5.74) is 0.178. The van der Waals surface area contributed by atoms with E-state index in [-0.39, 0.29) is 6.10 Å². The van der Waals surface area contributed by atoms with Gasteiger partial charge in [0.15, 0.2) is 0 Å². The first kappa shape index (κ1) is 17.3. The molecule has 1 aliphatic rings. The molecule has 2 rings (SSSR count). The topological polar surface area (TPSA) is 23.5 Å². The summed E-state index contributed by atoms with van der Waals surface area (Å²) < 4.78 is 37.9. The predicted molar refractivity (Wildman–Crippen MR) is 80.6 cm³/mol. The number of aliphatic hydroxyl groups is 1. The van der Waals surface area contributed by atoms with E-state index >= 15 is 0 Å². The highest BCUT2D eigenvalue weighted by molar-refractivity contribution is 5.25. The van der Waals surface area contributed by atoms with Crippen LogP contribution in [0.4, 0.5) is 13.2 Å². The molecule has 22 heavy (non-hydrogen) atoms. The van der Waals surface area contributed by atoms with Gasteiger partial charge in [0.05, 0.1) is 11.7 Å². The van der Waals surface area contributed by atoms with E-state index < -0.39 is 11.7 Å². The number of aryl methyl sites for hydroxylation is 1. The molecule has 0 aromatic heterocycles. The maximum atomic E-state index is 12.6. The second-order valence-electron chi connectivity index (χ2n) is 6.35. The first-order valence-electron chi connectivity index (χ1n) is 7.89. The fraction of sp³-hybridized carbons (Fsp3) is 0.647. The number of likely N-dealkylation sites (N-methyl/N-ethyl adjacent to an activating group) is 1. The lowest BCUT2D eigenvalue weighted by molar-refractivity contribution is -0.137. The number of hydrogen-bond acceptors (Lipinski definition) is 2. The lowest BCUT2D eigenvalue weighted by Gasteiger charge is -2.13. The fourth-order valence-corrected chi connectivity index (χ4v) is 3.16. The molecule has 0 amide bonds. The van der Waals surface area contributed by atoms with Crippen LogP contribution in [0.15, 0.2) is 24.3 Å². The number of alkyl halides is 3. The van der Waals surface area contributed by atoms with Gasteiger partial charge in [0.1, 0.15) is 0 Å². The zero-order valence-electron chi connectivity index (χ0n) is 12.9. The number of benzene rings is 1. The lowest BCUT2D eigenvalue weighted by Crippen LogP contribution is -2.17. The number of hydrogen-bond donors (Lipinski definition) is 1. The van der Waals surface area contributed by atoms with Gasteiger partial charge in [-0.3, -0.25) is 0 Å². The normalized spacial score (nSPS) is 23.1. The molecule has 5 heteroatoms. The molecule has 1 aromatic rings. The summed E-state index contributed by atoms with van der Waals surface area (Å²) in [4.78, 5) is 2.14. The SMILES string of the molecule is CN1C[C@H](CCCCCc2cccc(C(F)(F)F)c2)[C@H](O)C1. The summed E-state index contributed by atoms with van der Waals surface area (Å²) in [6, 6.07) is 5.59. The Morgan fingerprint density at radius 2 is 1.95 bits per heavy atom. The van der Waals surface area contributed by atoms with Crippen LogP contribution in [0.3, 0.4) is 0 Å². The van der Waals surface area contributed by atoms with Crippen LogP contribution in [-0.2, 0) is 12.6 Å². The van der Waals surface area contributed by atoms with Crippen molar-refractivity contribution in [3.8, 4) is 0 Å². The fourth-order valence-electron chi connectivity index (χ4n) is 3.16. The van der Waals surface area contributed by atoms with Gasteiger partial charge in [-0.25, -0.2) is 0 Å².